The van der Waals surface area contributed by atoms with Crippen LogP contribution in [-0.4, -0.2) is 12.0 Å². The van der Waals surface area contributed by atoms with Crippen molar-refractivity contribution < 1.29 is 64.3 Å². The van der Waals surface area contributed by atoms with Gasteiger partial charge in [-0.2, -0.15) is 0 Å². The second-order valence-corrected chi connectivity index (χ2v) is 3.95. The SMILES string of the molecule is Cc1nc(C[B-](F)(F)F)sc1C.[K+]. The molecule has 0 aliphatic heterocycles. The van der Waals surface area contributed by atoms with Crippen LogP contribution in [0, 0.1) is 13.8 Å². The molecule has 0 amide bonds. The standard InChI is InChI=1S/C6H8BF3NS.K/c1-4-5(2)12-6(11-4)3-7(8,9)10;/h3H2,1-2H3;/q-1;+1. The van der Waals surface area contributed by atoms with E-state index in [2.05, 4.69) is 4.98 Å². The minimum atomic E-state index is -4.74. The second kappa shape index (κ2) is 5.27. The molecule has 0 saturated heterocycles. The van der Waals surface area contributed by atoms with Crippen LogP contribution in [0.25, 0.3) is 0 Å². The number of rotatable bonds is 2. The van der Waals surface area contributed by atoms with Gasteiger partial charge in [-0.25, -0.2) is 4.98 Å². The molecule has 1 aromatic rings. The van der Waals surface area contributed by atoms with E-state index < -0.39 is 13.3 Å². The molecular formula is C6H8BF3KNS. The number of halogens is 3. The van der Waals surface area contributed by atoms with E-state index in [-0.39, 0.29) is 56.4 Å². The predicted molar refractivity (Wildman–Crippen MR) is 44.4 cm³/mol. The van der Waals surface area contributed by atoms with E-state index in [4.69, 9.17) is 0 Å². The van der Waals surface area contributed by atoms with E-state index in [1.165, 1.54) is 0 Å². The van der Waals surface area contributed by atoms with Crippen molar-refractivity contribution in [2.45, 2.75) is 20.2 Å². The Morgan fingerprint density at radius 1 is 1.31 bits per heavy atom. The number of aryl methyl sites for hydroxylation is 2. The molecule has 1 nitrogen and oxygen atoms in total. The van der Waals surface area contributed by atoms with Gasteiger partial charge in [-0.15, -0.1) is 11.3 Å². The Labute approximate surface area is 122 Å². The first-order valence-electron chi connectivity index (χ1n) is 3.52. The fraction of sp³-hybridized carbons (Fsp3) is 0.500. The van der Waals surface area contributed by atoms with Crippen molar-refractivity contribution in [1.82, 2.24) is 4.98 Å². The quantitative estimate of drug-likeness (QED) is 0.639. The number of aromatic nitrogens is 1. The van der Waals surface area contributed by atoms with Gasteiger partial charge >= 0.3 is 58.4 Å². The molecule has 0 N–H and O–H groups in total. The molecule has 0 radical (unpaired) electrons. The summed E-state index contributed by atoms with van der Waals surface area (Å²) in [5.74, 6) is 0. The molecular weight excluding hydrogens is 225 g/mol. The zero-order valence-electron chi connectivity index (χ0n) is 7.77. The summed E-state index contributed by atoms with van der Waals surface area (Å²) in [6, 6.07) is 0. The monoisotopic (exact) mass is 233 g/mol. The van der Waals surface area contributed by atoms with Gasteiger partial charge in [0.1, 0.15) is 0 Å². The number of hydrogen-bond donors (Lipinski definition) is 0. The zero-order valence-corrected chi connectivity index (χ0v) is 11.7. The van der Waals surface area contributed by atoms with Gasteiger partial charge in [0.05, 0.1) is 10.7 Å². The molecule has 1 aromatic heterocycles. The Hall–Kier alpha value is 1.12. The topological polar surface area (TPSA) is 12.9 Å². The Morgan fingerprint density at radius 2 is 1.85 bits per heavy atom. The molecule has 0 fully saturated rings. The molecule has 0 saturated carbocycles. The van der Waals surface area contributed by atoms with Crippen LogP contribution >= 0.6 is 11.3 Å². The Bertz CT molecular complexity index is 266. The van der Waals surface area contributed by atoms with Gasteiger partial charge in [0.15, 0.2) is 0 Å². The number of thiazole rings is 1. The van der Waals surface area contributed by atoms with Crippen LogP contribution in [0.2, 0.25) is 0 Å². The first kappa shape index (κ1) is 14.1. The maximum atomic E-state index is 11.9. The molecule has 0 spiro atoms. The minimum absolute atomic E-state index is 0. The third-order valence-electron chi connectivity index (χ3n) is 1.48. The second-order valence-electron chi connectivity index (χ2n) is 2.66. The summed E-state index contributed by atoms with van der Waals surface area (Å²) < 4.78 is 35.7. The van der Waals surface area contributed by atoms with Crippen molar-refractivity contribution in [3.8, 4) is 0 Å². The van der Waals surface area contributed by atoms with Gasteiger partial charge in [0.2, 0.25) is 0 Å². The molecule has 68 valence electrons. The average molecular weight is 233 g/mol. The van der Waals surface area contributed by atoms with Gasteiger partial charge in [0.25, 0.3) is 0 Å². The van der Waals surface area contributed by atoms with Crippen LogP contribution in [0.15, 0.2) is 0 Å². The molecule has 0 aliphatic carbocycles. The summed E-state index contributed by atoms with van der Waals surface area (Å²) in [7, 11) is 0. The van der Waals surface area contributed by atoms with Gasteiger partial charge in [0, 0.05) is 4.88 Å². The van der Waals surface area contributed by atoms with Crippen LogP contribution in [0.5, 0.6) is 0 Å². The van der Waals surface area contributed by atoms with Crippen LogP contribution in [0.1, 0.15) is 15.6 Å². The van der Waals surface area contributed by atoms with Gasteiger partial charge in [-0.1, -0.05) is 0 Å². The molecule has 0 unspecified atom stereocenters. The Kier molecular flexibility index (Phi) is 5.73. The Balaban J connectivity index is 0.00000144. The predicted octanol–water partition coefficient (Wildman–Crippen LogP) is -0.307. The number of hydrogen-bond acceptors (Lipinski definition) is 2. The minimum Gasteiger partial charge on any atom is -0.449 e. The van der Waals surface area contributed by atoms with E-state index >= 15 is 0 Å². The number of nitrogens with zero attached hydrogens (tertiary/aromatic N) is 1. The van der Waals surface area contributed by atoms with Gasteiger partial charge in [-0.3, -0.25) is 0 Å². The third-order valence-corrected chi connectivity index (χ3v) is 2.57. The Morgan fingerprint density at radius 3 is 2.15 bits per heavy atom. The largest absolute Gasteiger partial charge is 1.00 e. The van der Waals surface area contributed by atoms with Gasteiger partial charge in [-0.05, 0) is 20.2 Å². The van der Waals surface area contributed by atoms with Crippen molar-refractivity contribution in [3.63, 3.8) is 0 Å². The molecule has 13 heavy (non-hydrogen) atoms. The van der Waals surface area contributed by atoms with Crippen molar-refractivity contribution in [3.05, 3.63) is 15.6 Å². The molecule has 0 aliphatic rings. The maximum absolute atomic E-state index is 11.9. The van der Waals surface area contributed by atoms with Crippen LogP contribution < -0.4 is 51.4 Å². The van der Waals surface area contributed by atoms with Crippen molar-refractivity contribution in [2.75, 3.05) is 0 Å². The van der Waals surface area contributed by atoms with E-state index in [0.717, 1.165) is 16.2 Å². The molecule has 0 aromatic carbocycles. The summed E-state index contributed by atoms with van der Waals surface area (Å²) >= 11 is 1.13. The summed E-state index contributed by atoms with van der Waals surface area (Å²) in [4.78, 5) is 4.68. The molecule has 0 bridgehead atoms. The summed E-state index contributed by atoms with van der Waals surface area (Å²) in [6.45, 7) is -1.24. The molecule has 1 heterocycles. The maximum Gasteiger partial charge on any atom is 1.00 e. The van der Waals surface area contributed by atoms with E-state index in [1.54, 1.807) is 13.8 Å². The average Bonchev–Trinajstić information content (AvgIpc) is 2.07. The first-order chi connectivity index (χ1) is 5.38. The van der Waals surface area contributed by atoms with Crippen LogP contribution in [0.4, 0.5) is 12.9 Å². The van der Waals surface area contributed by atoms with E-state index in [1.807, 2.05) is 0 Å². The third kappa shape index (κ3) is 4.94. The molecule has 1 rings (SSSR count). The summed E-state index contributed by atoms with van der Waals surface area (Å²) in [6.07, 6.45) is -0.848. The van der Waals surface area contributed by atoms with Crippen LogP contribution in [0.3, 0.4) is 0 Å². The van der Waals surface area contributed by atoms with Crippen molar-refractivity contribution in [1.29, 1.82) is 0 Å². The van der Waals surface area contributed by atoms with Crippen molar-refractivity contribution >= 4 is 18.3 Å². The summed E-state index contributed by atoms with van der Waals surface area (Å²) in [5.41, 5.74) is 0.704. The van der Waals surface area contributed by atoms with Crippen LogP contribution in [-0.2, 0) is 6.32 Å². The zero-order chi connectivity index (χ0) is 9.35. The van der Waals surface area contributed by atoms with E-state index in [9.17, 15) is 12.9 Å². The van der Waals surface area contributed by atoms with Gasteiger partial charge < -0.3 is 12.9 Å². The van der Waals surface area contributed by atoms with E-state index in [0.29, 0.717) is 5.69 Å². The van der Waals surface area contributed by atoms with Crippen molar-refractivity contribution in [2.24, 2.45) is 0 Å². The molecule has 0 atom stereocenters. The smallest absolute Gasteiger partial charge is 0.449 e. The fourth-order valence-electron chi connectivity index (χ4n) is 0.824. The summed E-state index contributed by atoms with van der Waals surface area (Å²) in [5, 5.41) is 0.178. The first-order valence-corrected chi connectivity index (χ1v) is 4.34. The normalized spacial score (nSPS) is 11.2. The fourth-order valence-corrected chi connectivity index (χ4v) is 1.83. The molecule has 7 heteroatoms.